The zero-order chi connectivity index (χ0) is 14.8. The minimum absolute atomic E-state index is 0.0962. The van der Waals surface area contributed by atoms with Crippen LogP contribution in [0.2, 0.25) is 0 Å². The van der Waals surface area contributed by atoms with E-state index in [1.54, 1.807) is 24.3 Å². The first-order valence-electron chi connectivity index (χ1n) is 7.13. The molecule has 2 aliphatic heterocycles. The summed E-state index contributed by atoms with van der Waals surface area (Å²) >= 11 is 0. The Morgan fingerprint density at radius 3 is 2.52 bits per heavy atom. The van der Waals surface area contributed by atoms with Crippen molar-refractivity contribution < 1.29 is 14.3 Å². The molecule has 1 atom stereocenters. The van der Waals surface area contributed by atoms with Crippen LogP contribution in [0.3, 0.4) is 0 Å². The van der Waals surface area contributed by atoms with Crippen LogP contribution in [-0.2, 0) is 4.74 Å². The van der Waals surface area contributed by atoms with Crippen LogP contribution in [-0.4, -0.2) is 67.7 Å². The van der Waals surface area contributed by atoms with Gasteiger partial charge in [0.15, 0.2) is 0 Å². The smallest absolute Gasteiger partial charge is 0.262 e. The number of carbonyl (C=O) groups excluding carboxylic acids is 2. The van der Waals surface area contributed by atoms with Crippen molar-refractivity contribution in [1.82, 2.24) is 15.1 Å². The van der Waals surface area contributed by atoms with E-state index in [-0.39, 0.29) is 24.6 Å². The number of hydrogen-bond acceptors (Lipinski definition) is 5. The van der Waals surface area contributed by atoms with Crippen molar-refractivity contribution in [2.75, 3.05) is 40.0 Å². The third-order valence-electron chi connectivity index (χ3n) is 3.78. The van der Waals surface area contributed by atoms with Crippen LogP contribution in [0.15, 0.2) is 24.3 Å². The number of hydrogen-bond donors (Lipinski definition) is 1. The maximum absolute atomic E-state index is 12.3. The van der Waals surface area contributed by atoms with Crippen LogP contribution in [0.25, 0.3) is 0 Å². The Labute approximate surface area is 123 Å². The summed E-state index contributed by atoms with van der Waals surface area (Å²) in [4.78, 5) is 27.8. The number of likely N-dealkylation sites (N-methyl/N-ethyl adjacent to an activating group) is 1. The number of nitrogens with zero attached hydrogens (tertiary/aromatic N) is 2. The van der Waals surface area contributed by atoms with Crippen LogP contribution in [0.5, 0.6) is 0 Å². The molecule has 1 saturated heterocycles. The van der Waals surface area contributed by atoms with E-state index < -0.39 is 0 Å². The second-order valence-corrected chi connectivity index (χ2v) is 5.46. The fraction of sp³-hybridized carbons (Fsp3) is 0.467. The minimum Gasteiger partial charge on any atom is -0.374 e. The second-order valence-electron chi connectivity index (χ2n) is 5.46. The maximum atomic E-state index is 12.3. The third-order valence-corrected chi connectivity index (χ3v) is 3.78. The van der Waals surface area contributed by atoms with Gasteiger partial charge in [-0.1, -0.05) is 12.1 Å². The molecule has 6 heteroatoms. The molecule has 6 nitrogen and oxygen atoms in total. The quantitative estimate of drug-likeness (QED) is 0.800. The number of fused-ring (bicyclic) bond motifs is 1. The van der Waals surface area contributed by atoms with E-state index in [4.69, 9.17) is 4.74 Å². The van der Waals surface area contributed by atoms with Crippen molar-refractivity contribution in [2.45, 2.75) is 6.10 Å². The molecule has 0 radical (unpaired) electrons. The lowest BCUT2D eigenvalue weighted by Gasteiger charge is -2.29. The molecule has 2 heterocycles. The molecule has 3 rings (SSSR count). The van der Waals surface area contributed by atoms with Crippen LogP contribution in [0, 0.1) is 0 Å². The molecule has 2 aliphatic rings. The number of rotatable bonds is 4. The highest BCUT2D eigenvalue weighted by atomic mass is 16.5. The van der Waals surface area contributed by atoms with E-state index in [1.807, 2.05) is 11.9 Å². The molecule has 0 spiro atoms. The van der Waals surface area contributed by atoms with Gasteiger partial charge in [0.05, 0.1) is 30.5 Å². The second kappa shape index (κ2) is 5.93. The summed E-state index contributed by atoms with van der Waals surface area (Å²) in [5.41, 5.74) is 0.984. The predicted octanol–water partition coefficient (Wildman–Crippen LogP) is 0.160. The zero-order valence-electron chi connectivity index (χ0n) is 12.0. The van der Waals surface area contributed by atoms with Crippen molar-refractivity contribution in [3.8, 4) is 0 Å². The van der Waals surface area contributed by atoms with E-state index in [1.165, 1.54) is 4.90 Å². The van der Waals surface area contributed by atoms with Gasteiger partial charge in [-0.05, 0) is 19.2 Å². The van der Waals surface area contributed by atoms with Gasteiger partial charge in [0.2, 0.25) is 0 Å². The summed E-state index contributed by atoms with van der Waals surface area (Å²) in [6.45, 7) is 3.34. The summed E-state index contributed by atoms with van der Waals surface area (Å²) in [5.74, 6) is -0.435. The standard InChI is InChI=1S/C15H19N3O3/c1-17(9-11-8-16-6-7-21-11)10-18-14(19)12-4-2-3-5-13(12)15(18)20/h2-5,11,16H,6-10H2,1H3. The molecule has 0 aromatic heterocycles. The molecule has 1 aromatic rings. The number of amides is 2. The van der Waals surface area contributed by atoms with E-state index in [0.29, 0.717) is 24.3 Å². The highest BCUT2D eigenvalue weighted by Gasteiger charge is 2.35. The topological polar surface area (TPSA) is 61.9 Å². The molecule has 21 heavy (non-hydrogen) atoms. The molecule has 0 aliphatic carbocycles. The molecule has 2 amide bonds. The van der Waals surface area contributed by atoms with E-state index in [9.17, 15) is 9.59 Å². The number of morpholine rings is 1. The highest BCUT2D eigenvalue weighted by Crippen LogP contribution is 2.22. The van der Waals surface area contributed by atoms with E-state index in [2.05, 4.69) is 5.32 Å². The van der Waals surface area contributed by atoms with Gasteiger partial charge >= 0.3 is 0 Å². The zero-order valence-corrected chi connectivity index (χ0v) is 12.0. The van der Waals surface area contributed by atoms with Crippen molar-refractivity contribution in [3.63, 3.8) is 0 Å². The molecule has 1 N–H and O–H groups in total. The highest BCUT2D eigenvalue weighted by molar-refractivity contribution is 6.21. The van der Waals surface area contributed by atoms with Gasteiger partial charge in [-0.25, -0.2) is 0 Å². The number of benzene rings is 1. The molecule has 112 valence electrons. The predicted molar refractivity (Wildman–Crippen MR) is 77.0 cm³/mol. The van der Waals surface area contributed by atoms with Gasteiger partial charge in [0.25, 0.3) is 11.8 Å². The Balaban J connectivity index is 1.63. The summed E-state index contributed by atoms with van der Waals surface area (Å²) in [6, 6.07) is 6.95. The molecule has 1 aromatic carbocycles. The van der Waals surface area contributed by atoms with Crippen LogP contribution >= 0.6 is 0 Å². The van der Waals surface area contributed by atoms with Crippen LogP contribution in [0.1, 0.15) is 20.7 Å². The fourth-order valence-electron chi connectivity index (χ4n) is 2.75. The molecule has 1 unspecified atom stereocenters. The van der Waals surface area contributed by atoms with Crippen molar-refractivity contribution >= 4 is 11.8 Å². The minimum atomic E-state index is -0.217. The van der Waals surface area contributed by atoms with Gasteiger partial charge in [-0.3, -0.25) is 19.4 Å². The molecule has 0 bridgehead atoms. The summed E-state index contributed by atoms with van der Waals surface area (Å²) in [5, 5.41) is 3.27. The van der Waals surface area contributed by atoms with Gasteiger partial charge in [0, 0.05) is 19.6 Å². The maximum Gasteiger partial charge on any atom is 0.262 e. The van der Waals surface area contributed by atoms with Gasteiger partial charge in [0.1, 0.15) is 0 Å². The first-order valence-corrected chi connectivity index (χ1v) is 7.13. The Morgan fingerprint density at radius 1 is 1.29 bits per heavy atom. The Bertz CT molecular complexity index is 520. The lowest BCUT2D eigenvalue weighted by Crippen LogP contribution is -2.47. The van der Waals surface area contributed by atoms with Crippen molar-refractivity contribution in [1.29, 1.82) is 0 Å². The first kappa shape index (κ1) is 14.2. The number of carbonyl (C=O) groups is 2. The van der Waals surface area contributed by atoms with Gasteiger partial charge in [-0.2, -0.15) is 0 Å². The number of imide groups is 1. The summed E-state index contributed by atoms with van der Waals surface area (Å²) in [7, 11) is 1.89. The Morgan fingerprint density at radius 2 is 1.95 bits per heavy atom. The molecular formula is C15H19N3O3. The van der Waals surface area contributed by atoms with Crippen molar-refractivity contribution in [3.05, 3.63) is 35.4 Å². The monoisotopic (exact) mass is 289 g/mol. The number of nitrogens with one attached hydrogen (secondary N) is 1. The first-order chi connectivity index (χ1) is 10.2. The van der Waals surface area contributed by atoms with E-state index in [0.717, 1.165) is 13.1 Å². The number of ether oxygens (including phenoxy) is 1. The molecule has 1 fully saturated rings. The fourth-order valence-corrected chi connectivity index (χ4v) is 2.75. The largest absolute Gasteiger partial charge is 0.374 e. The van der Waals surface area contributed by atoms with Crippen molar-refractivity contribution in [2.24, 2.45) is 0 Å². The van der Waals surface area contributed by atoms with Crippen LogP contribution in [0.4, 0.5) is 0 Å². The lowest BCUT2D eigenvalue weighted by atomic mass is 10.1. The Kier molecular flexibility index (Phi) is 4.01. The average molecular weight is 289 g/mol. The SMILES string of the molecule is CN(CC1CNCCO1)CN1C(=O)c2ccccc2C1=O. The van der Waals surface area contributed by atoms with Gasteiger partial charge in [-0.15, -0.1) is 0 Å². The molecule has 0 saturated carbocycles. The van der Waals surface area contributed by atoms with Gasteiger partial charge < -0.3 is 10.1 Å². The third kappa shape index (κ3) is 2.83. The Hall–Kier alpha value is -1.76. The lowest BCUT2D eigenvalue weighted by molar-refractivity contribution is 0.00220. The summed E-state index contributed by atoms with van der Waals surface area (Å²) in [6.07, 6.45) is 0.0962. The van der Waals surface area contributed by atoms with E-state index >= 15 is 0 Å². The average Bonchev–Trinajstić information content (AvgIpc) is 2.74. The van der Waals surface area contributed by atoms with Crippen LogP contribution < -0.4 is 5.32 Å². The summed E-state index contributed by atoms with van der Waals surface area (Å²) < 4.78 is 5.64. The normalized spacial score (nSPS) is 22.0. The molecular weight excluding hydrogens is 270 g/mol.